The van der Waals surface area contributed by atoms with Crippen LogP contribution >= 0.6 is 0 Å². The first kappa shape index (κ1) is 43.4. The minimum Gasteiger partial charge on any atom is -0.442 e. The van der Waals surface area contributed by atoms with Crippen molar-refractivity contribution in [1.82, 2.24) is 36.2 Å². The van der Waals surface area contributed by atoms with E-state index in [-0.39, 0.29) is 55.6 Å². The first-order valence-electron chi connectivity index (χ1n) is 18.3. The molecule has 1 fully saturated rings. The zero-order valence-corrected chi connectivity index (χ0v) is 32.3. The van der Waals surface area contributed by atoms with E-state index < -0.39 is 54.0 Å². The summed E-state index contributed by atoms with van der Waals surface area (Å²) in [5.41, 5.74) is 4.35. The van der Waals surface area contributed by atoms with Gasteiger partial charge in [-0.05, 0) is 50.5 Å². The molecule has 0 radical (unpaired) electrons. The largest absolute Gasteiger partial charge is 0.442 e. The maximum atomic E-state index is 13.3. The summed E-state index contributed by atoms with van der Waals surface area (Å²) < 4.78 is 12.6. The molecule has 5 amide bonds. The fourth-order valence-corrected chi connectivity index (χ4v) is 5.64. The molecule has 1 aliphatic rings. The predicted molar refractivity (Wildman–Crippen MR) is 192 cm³/mol. The Bertz CT molecular complexity index is 1290. The highest BCUT2D eigenvalue weighted by molar-refractivity contribution is 5.88. The van der Waals surface area contributed by atoms with Gasteiger partial charge in [0.05, 0.1) is 50.1 Å². The van der Waals surface area contributed by atoms with E-state index in [2.05, 4.69) is 26.5 Å². The molecule has 1 aromatic rings. The number of hydrogen-bond donors (Lipinski definition) is 5. The molecule has 15 heteroatoms. The van der Waals surface area contributed by atoms with Gasteiger partial charge in [0.15, 0.2) is 0 Å². The Morgan fingerprint density at radius 1 is 0.961 bits per heavy atom. The maximum Gasteiger partial charge on any atom is 0.429 e. The summed E-state index contributed by atoms with van der Waals surface area (Å²) in [5, 5.41) is 25.2. The van der Waals surface area contributed by atoms with Crippen LogP contribution in [0.4, 0.5) is 4.79 Å². The van der Waals surface area contributed by atoms with Crippen LogP contribution in [0.1, 0.15) is 92.5 Å². The van der Waals surface area contributed by atoms with Crippen LogP contribution < -0.4 is 21.4 Å². The molecule has 0 saturated carbocycles. The Kier molecular flexibility index (Phi) is 17.9. The molecular weight excluding hydrogens is 658 g/mol. The number of amides is 5. The van der Waals surface area contributed by atoms with E-state index in [1.54, 1.807) is 18.5 Å². The fraction of sp³-hybridized carbons (Fsp3) is 0.778. The number of aliphatic hydroxyl groups excluding tert-OH is 1. The number of aromatic nitrogens is 2. The Morgan fingerprint density at radius 2 is 1.65 bits per heavy atom. The number of aryl methyl sites for hydroxylation is 2. The van der Waals surface area contributed by atoms with Crippen molar-refractivity contribution in [3.05, 3.63) is 17.5 Å². The third-order valence-electron chi connectivity index (χ3n) is 8.69. The molecule has 2 rings (SSSR count). The highest BCUT2D eigenvalue weighted by Gasteiger charge is 2.31. The van der Waals surface area contributed by atoms with Gasteiger partial charge in [-0.1, -0.05) is 55.4 Å². The van der Waals surface area contributed by atoms with E-state index in [1.807, 2.05) is 61.5 Å². The number of carbonyl (C=O) groups excluding carboxylic acids is 5. The fourth-order valence-electron chi connectivity index (χ4n) is 5.64. The van der Waals surface area contributed by atoms with Gasteiger partial charge >= 0.3 is 6.09 Å². The predicted octanol–water partition coefficient (Wildman–Crippen LogP) is 2.62. The second kappa shape index (κ2) is 21.0. The van der Waals surface area contributed by atoms with Crippen molar-refractivity contribution in [2.45, 2.75) is 126 Å². The van der Waals surface area contributed by atoms with Crippen molar-refractivity contribution < 1.29 is 38.6 Å². The smallest absolute Gasteiger partial charge is 0.429 e. The quantitative estimate of drug-likeness (QED) is 0.134. The second-order valence-corrected chi connectivity index (χ2v) is 15.1. The second-order valence-electron chi connectivity index (χ2n) is 15.1. The number of hydrogen-bond acceptors (Lipinski definition) is 9. The van der Waals surface area contributed by atoms with Crippen LogP contribution in [0.3, 0.4) is 0 Å². The molecule has 0 spiro atoms. The standard InChI is InChI=1S/C36H63N7O8/c1-21(2)15-29(30(44)16-24(7)33(46)39-32(23(5)6)35(48)37-18-22(3)4)38-31(45)11-13-42(36(49)51-28-12-14-50-20-28)41-34(47)25(8)19-43-27(10)17-26(9)40-43/h17,21-25,28-30,32,44H,11-16,18-20H2,1-10H3,(H,37,48)(H,38,45)(H,39,46)(H,41,47). The number of hydrazine groups is 1. The van der Waals surface area contributed by atoms with Gasteiger partial charge < -0.3 is 30.5 Å². The van der Waals surface area contributed by atoms with Crippen molar-refractivity contribution in [3.63, 3.8) is 0 Å². The minimum absolute atomic E-state index is 0.0486. The molecule has 15 nitrogen and oxygen atoms in total. The van der Waals surface area contributed by atoms with Gasteiger partial charge in [0, 0.05) is 31.0 Å². The molecular formula is C36H63N7O8. The number of rotatable bonds is 19. The summed E-state index contributed by atoms with van der Waals surface area (Å²) in [5.74, 6) is -2.51. The summed E-state index contributed by atoms with van der Waals surface area (Å²) in [7, 11) is 0. The molecule has 0 bridgehead atoms. The first-order valence-corrected chi connectivity index (χ1v) is 18.3. The Labute approximate surface area is 303 Å². The molecule has 0 aromatic carbocycles. The number of ether oxygens (including phenoxy) is 2. The van der Waals surface area contributed by atoms with Crippen molar-refractivity contribution in [2.24, 2.45) is 29.6 Å². The Morgan fingerprint density at radius 3 is 2.20 bits per heavy atom. The van der Waals surface area contributed by atoms with Gasteiger partial charge in [0.1, 0.15) is 12.1 Å². The molecule has 0 aliphatic carbocycles. The van der Waals surface area contributed by atoms with Gasteiger partial charge in [-0.3, -0.25) is 29.3 Å². The Balaban J connectivity index is 2.05. The lowest BCUT2D eigenvalue weighted by molar-refractivity contribution is -0.132. The average molecular weight is 722 g/mol. The topological polar surface area (TPSA) is 193 Å². The van der Waals surface area contributed by atoms with Crippen LogP contribution in [0.2, 0.25) is 0 Å². The van der Waals surface area contributed by atoms with Crippen molar-refractivity contribution in [1.29, 1.82) is 0 Å². The maximum absolute atomic E-state index is 13.3. The molecule has 51 heavy (non-hydrogen) atoms. The molecule has 1 aliphatic heterocycles. The van der Waals surface area contributed by atoms with Gasteiger partial charge in [0.2, 0.25) is 23.6 Å². The van der Waals surface area contributed by atoms with Gasteiger partial charge in [0.25, 0.3) is 0 Å². The van der Waals surface area contributed by atoms with E-state index in [1.165, 1.54) is 0 Å². The third-order valence-corrected chi connectivity index (χ3v) is 8.69. The van der Waals surface area contributed by atoms with E-state index in [0.29, 0.717) is 32.5 Å². The van der Waals surface area contributed by atoms with E-state index in [4.69, 9.17) is 9.47 Å². The normalized spacial score (nSPS) is 17.4. The first-order chi connectivity index (χ1) is 23.9. The van der Waals surface area contributed by atoms with Crippen LogP contribution in [-0.2, 0) is 35.2 Å². The SMILES string of the molecule is Cc1cc(C)n(CC(C)C(=O)NN(CCC(=O)NC(CC(C)C)C(O)CC(C)C(=O)NC(C(=O)NCC(C)C)C(C)C)C(=O)OC2CCOC2)n1. The summed E-state index contributed by atoms with van der Waals surface area (Å²) in [6.45, 7) is 20.1. The minimum atomic E-state index is -1.07. The molecule has 1 aromatic heterocycles. The molecule has 5 N–H and O–H groups in total. The van der Waals surface area contributed by atoms with Crippen molar-refractivity contribution in [2.75, 3.05) is 26.3 Å². The van der Waals surface area contributed by atoms with Crippen LogP contribution in [0.5, 0.6) is 0 Å². The Hall–Kier alpha value is -3.72. The monoisotopic (exact) mass is 721 g/mol. The summed E-state index contributed by atoms with van der Waals surface area (Å²) >= 11 is 0. The van der Waals surface area contributed by atoms with Gasteiger partial charge in [-0.25, -0.2) is 9.80 Å². The summed E-state index contributed by atoms with van der Waals surface area (Å²) in [6.07, 6.45) is -1.52. The third kappa shape index (κ3) is 15.2. The summed E-state index contributed by atoms with van der Waals surface area (Å²) in [4.78, 5) is 65.5. The number of nitrogens with zero attached hydrogens (tertiary/aromatic N) is 3. The van der Waals surface area contributed by atoms with Crippen LogP contribution in [0.25, 0.3) is 0 Å². The van der Waals surface area contributed by atoms with Gasteiger partial charge in [-0.2, -0.15) is 5.10 Å². The zero-order valence-electron chi connectivity index (χ0n) is 32.3. The number of nitrogens with one attached hydrogen (secondary N) is 4. The van der Waals surface area contributed by atoms with Crippen molar-refractivity contribution >= 4 is 29.7 Å². The molecule has 6 unspecified atom stereocenters. The van der Waals surface area contributed by atoms with E-state index in [9.17, 15) is 29.1 Å². The molecule has 2 heterocycles. The zero-order chi connectivity index (χ0) is 38.4. The molecule has 1 saturated heterocycles. The van der Waals surface area contributed by atoms with Gasteiger partial charge in [-0.15, -0.1) is 0 Å². The lowest BCUT2D eigenvalue weighted by Gasteiger charge is -2.29. The number of carbonyl (C=O) groups is 5. The lowest BCUT2D eigenvalue weighted by atomic mass is 9.92. The molecule has 6 atom stereocenters. The van der Waals surface area contributed by atoms with E-state index >= 15 is 0 Å². The molecule has 290 valence electrons. The van der Waals surface area contributed by atoms with E-state index in [0.717, 1.165) is 16.4 Å². The van der Waals surface area contributed by atoms with Crippen LogP contribution in [-0.4, -0.2) is 100 Å². The summed E-state index contributed by atoms with van der Waals surface area (Å²) in [6, 6.07) is 0.502. The number of aliphatic hydroxyl groups is 1. The highest BCUT2D eigenvalue weighted by atomic mass is 16.6. The lowest BCUT2D eigenvalue weighted by Crippen LogP contribution is -2.52. The van der Waals surface area contributed by atoms with Crippen LogP contribution in [0, 0.1) is 43.4 Å². The van der Waals surface area contributed by atoms with Crippen molar-refractivity contribution in [3.8, 4) is 0 Å². The highest BCUT2D eigenvalue weighted by Crippen LogP contribution is 2.17. The average Bonchev–Trinajstić information content (AvgIpc) is 3.67. The van der Waals surface area contributed by atoms with Crippen LogP contribution in [0.15, 0.2) is 6.07 Å².